The standard InChI is InChI=1S/C58H90O16S2/c1-30(35-13-15-37-33-23-42(72-75(63,64)65)47-49(3,4)57(61)44(59)26-55(47,28-69-57)39(33)18-20-52(35,37)9)12-17-46-54(11)25-32(51(7,8)74-54)22-41(71-46)31(2)36-14-16-38-34-24-43(73-76(66,67)68)48-50(5,6)58(62)45(60)27-56(48,29-70-58)40(34)19-21-53(36,38)10/h30-32,35-38,41-48,59-62H,12-29H2,1-11H3,(H,63,64,65)(H,66,67,68). The summed E-state index contributed by atoms with van der Waals surface area (Å²) in [5, 5.41) is 46.6. The fraction of sp³-hybridized carbons (Fsp3) is 0.931. The van der Waals surface area contributed by atoms with Crippen LogP contribution in [0.25, 0.3) is 0 Å². The summed E-state index contributed by atoms with van der Waals surface area (Å²) < 4.78 is 109. The second kappa shape index (κ2) is 17.0. The van der Waals surface area contributed by atoms with E-state index in [0.29, 0.717) is 36.5 Å². The van der Waals surface area contributed by atoms with Gasteiger partial charge in [0.2, 0.25) is 0 Å². The molecule has 76 heavy (non-hydrogen) atoms. The molecule has 0 aromatic rings. The predicted molar refractivity (Wildman–Crippen MR) is 278 cm³/mol. The van der Waals surface area contributed by atoms with Gasteiger partial charge >= 0.3 is 20.8 Å². The molecule has 22 atom stereocenters. The van der Waals surface area contributed by atoms with E-state index in [1.807, 2.05) is 27.7 Å². The summed E-state index contributed by atoms with van der Waals surface area (Å²) >= 11 is 0. The first-order valence-corrected chi connectivity index (χ1v) is 32.0. The van der Waals surface area contributed by atoms with Crippen molar-refractivity contribution in [2.75, 3.05) is 13.2 Å². The van der Waals surface area contributed by atoms with Crippen LogP contribution in [0.15, 0.2) is 22.3 Å². The van der Waals surface area contributed by atoms with Crippen LogP contribution < -0.4 is 0 Å². The maximum atomic E-state index is 12.6. The van der Waals surface area contributed by atoms with Gasteiger partial charge in [-0.25, -0.2) is 8.37 Å². The molecule has 6 aliphatic heterocycles. The molecule has 6 saturated heterocycles. The Morgan fingerprint density at radius 3 is 1.58 bits per heavy atom. The summed E-state index contributed by atoms with van der Waals surface area (Å²) in [6.07, 6.45) is 7.78. The topological polar surface area (TPSA) is 245 Å². The van der Waals surface area contributed by atoms with Crippen molar-refractivity contribution in [1.82, 2.24) is 0 Å². The largest absolute Gasteiger partial charge is 0.397 e. The SMILES string of the molecule is CC(CCC1OC(C(C)C2CCC3C4=C(CCC32C)C23COC(O)(C(O)C2)C(C)(C)C3C(OS(=O)(=O)O)C4)CC2CC1(C)OC2(C)C)C1CCC2C3=C(CCC21C)C12COC(O)(C(O)C1)C(C)(C)C2C(OS(=O)(=O)O)C3. The molecule has 8 aliphatic carbocycles. The van der Waals surface area contributed by atoms with E-state index >= 15 is 0 Å². The van der Waals surface area contributed by atoms with Crippen LogP contribution in [0.1, 0.15) is 179 Å². The van der Waals surface area contributed by atoms with Gasteiger partial charge in [-0.15, -0.1) is 0 Å². The number of hydrogen-bond donors (Lipinski definition) is 6. The lowest BCUT2D eigenvalue weighted by atomic mass is 9.42. The Morgan fingerprint density at radius 2 is 1.12 bits per heavy atom. The molecular weight excluding hydrogens is 1020 g/mol. The molecule has 14 rings (SSSR count). The van der Waals surface area contributed by atoms with Crippen molar-refractivity contribution in [1.29, 1.82) is 0 Å². The van der Waals surface area contributed by atoms with Crippen LogP contribution in [0.3, 0.4) is 0 Å². The van der Waals surface area contributed by atoms with Gasteiger partial charge in [-0.3, -0.25) is 9.11 Å². The Morgan fingerprint density at radius 1 is 0.658 bits per heavy atom. The van der Waals surface area contributed by atoms with Crippen LogP contribution in [-0.4, -0.2) is 119 Å². The van der Waals surface area contributed by atoms with Crippen LogP contribution >= 0.6 is 0 Å². The summed E-state index contributed by atoms with van der Waals surface area (Å²) in [6.45, 7) is 24.0. The molecule has 2 spiro atoms. The van der Waals surface area contributed by atoms with Gasteiger partial charge in [0.15, 0.2) is 11.6 Å². The lowest BCUT2D eigenvalue weighted by molar-refractivity contribution is -0.408. The minimum atomic E-state index is -4.85. The van der Waals surface area contributed by atoms with Crippen LogP contribution in [0.4, 0.5) is 0 Å². The summed E-state index contributed by atoms with van der Waals surface area (Å²) in [5.41, 5.74) is 0.215. The second-order valence-corrected chi connectivity index (χ2v) is 32.0. The van der Waals surface area contributed by atoms with Crippen molar-refractivity contribution in [2.45, 2.75) is 238 Å². The van der Waals surface area contributed by atoms with Gasteiger partial charge < -0.3 is 39.4 Å². The van der Waals surface area contributed by atoms with Gasteiger partial charge in [0, 0.05) is 33.5 Å². The number of aliphatic hydroxyl groups excluding tert-OH is 2. The van der Waals surface area contributed by atoms with E-state index in [0.717, 1.165) is 77.0 Å². The van der Waals surface area contributed by atoms with Gasteiger partial charge in [0.1, 0.15) is 12.2 Å². The Labute approximate surface area is 452 Å². The van der Waals surface area contributed by atoms with E-state index in [4.69, 9.17) is 27.3 Å². The van der Waals surface area contributed by atoms with Crippen molar-refractivity contribution in [3.63, 3.8) is 0 Å². The monoisotopic (exact) mass is 1110 g/mol. The normalized spacial score (nSPS) is 52.2. The Bertz CT molecular complexity index is 2700. The minimum absolute atomic E-state index is 0.0116. The first-order chi connectivity index (χ1) is 35.0. The summed E-state index contributed by atoms with van der Waals surface area (Å²) in [5.74, 6) is -2.89. The molecule has 0 aromatic heterocycles. The summed E-state index contributed by atoms with van der Waals surface area (Å²) in [7, 11) is -9.68. The lowest BCUT2D eigenvalue weighted by Crippen LogP contribution is -2.76. The zero-order chi connectivity index (χ0) is 54.9. The number of fused-ring (bicyclic) bond motifs is 10. The molecule has 14 aliphatic rings. The molecule has 18 heteroatoms. The molecule has 22 unspecified atom stereocenters. The van der Waals surface area contributed by atoms with Gasteiger partial charge in [-0.2, -0.15) is 16.8 Å². The molecule has 4 saturated carbocycles. The van der Waals surface area contributed by atoms with E-state index in [1.165, 1.54) is 22.3 Å². The van der Waals surface area contributed by atoms with Crippen molar-refractivity contribution < 1.29 is 73.7 Å². The Hall–Kier alpha value is -1.10. The van der Waals surface area contributed by atoms with E-state index in [-0.39, 0.29) is 72.4 Å². The van der Waals surface area contributed by atoms with Crippen molar-refractivity contribution >= 4 is 20.8 Å². The third kappa shape index (κ3) is 7.45. The Balaban J connectivity index is 0.791. The van der Waals surface area contributed by atoms with Crippen molar-refractivity contribution in [3.8, 4) is 0 Å². The highest BCUT2D eigenvalue weighted by Gasteiger charge is 2.76. The maximum Gasteiger partial charge on any atom is 0.397 e. The molecule has 0 radical (unpaired) electrons. The maximum absolute atomic E-state index is 12.6. The van der Waals surface area contributed by atoms with Gasteiger partial charge in [-0.05, 0) is 176 Å². The summed E-state index contributed by atoms with van der Waals surface area (Å²) in [6, 6.07) is 0. The molecule has 6 bridgehead atoms. The number of rotatable bonds is 10. The van der Waals surface area contributed by atoms with E-state index < -0.39 is 95.9 Å². The fourth-order valence-electron chi connectivity index (χ4n) is 22.5. The predicted octanol–water partition coefficient (Wildman–Crippen LogP) is 8.42. The van der Waals surface area contributed by atoms with Crippen LogP contribution in [0, 0.1) is 85.8 Å². The number of ether oxygens (including phenoxy) is 4. The van der Waals surface area contributed by atoms with Crippen LogP contribution in [0.5, 0.6) is 0 Å². The molecule has 0 aromatic carbocycles. The molecule has 10 fully saturated rings. The third-order valence-corrected chi connectivity index (χ3v) is 26.7. The van der Waals surface area contributed by atoms with Gasteiger partial charge in [0.05, 0.1) is 48.8 Å². The molecular formula is C58H90O16S2. The molecule has 16 nitrogen and oxygen atoms in total. The van der Waals surface area contributed by atoms with E-state index in [1.54, 1.807) is 0 Å². The molecule has 430 valence electrons. The molecule has 6 heterocycles. The zero-order valence-electron chi connectivity index (χ0n) is 47.0. The van der Waals surface area contributed by atoms with E-state index in [9.17, 15) is 46.4 Å². The highest BCUT2D eigenvalue weighted by Crippen LogP contribution is 2.74. The van der Waals surface area contributed by atoms with Crippen molar-refractivity contribution in [3.05, 3.63) is 22.3 Å². The molecule has 0 amide bonds. The first kappa shape index (κ1) is 55.4. The van der Waals surface area contributed by atoms with Crippen molar-refractivity contribution in [2.24, 2.45) is 85.8 Å². The third-order valence-electron chi connectivity index (χ3n) is 25.7. The van der Waals surface area contributed by atoms with Gasteiger partial charge in [-0.1, -0.05) is 77.7 Å². The Kier molecular flexibility index (Phi) is 12.4. The number of aliphatic hydroxyl groups is 4. The fourth-order valence-corrected chi connectivity index (χ4v) is 23.5. The minimum Gasteiger partial charge on any atom is -0.387 e. The smallest absolute Gasteiger partial charge is 0.387 e. The van der Waals surface area contributed by atoms with E-state index in [2.05, 4.69) is 48.5 Å². The van der Waals surface area contributed by atoms with Crippen LogP contribution in [-0.2, 0) is 48.1 Å². The van der Waals surface area contributed by atoms with Crippen LogP contribution in [0.2, 0.25) is 0 Å². The lowest BCUT2D eigenvalue weighted by Gasteiger charge is -2.69. The summed E-state index contributed by atoms with van der Waals surface area (Å²) in [4.78, 5) is 0. The highest BCUT2D eigenvalue weighted by atomic mass is 32.3. The van der Waals surface area contributed by atoms with Gasteiger partial charge in [0.25, 0.3) is 0 Å². The quantitative estimate of drug-likeness (QED) is 0.0888. The number of hydrogen-bond acceptors (Lipinski definition) is 14. The zero-order valence-corrected chi connectivity index (χ0v) is 48.6. The average Bonchev–Trinajstić information content (AvgIpc) is 3.97. The second-order valence-electron chi connectivity index (χ2n) is 29.9. The average molecular weight is 1110 g/mol. The first-order valence-electron chi connectivity index (χ1n) is 29.2. The molecule has 6 N–H and O–H groups in total. The highest BCUT2D eigenvalue weighted by molar-refractivity contribution is 7.81.